The molecule has 2 N–H and O–H groups in total. The summed E-state index contributed by atoms with van der Waals surface area (Å²) in [6, 6.07) is 4.56. The Balaban J connectivity index is 2.50. The molecule has 0 fully saturated rings. The lowest BCUT2D eigenvalue weighted by atomic mass is 9.93. The maximum atomic E-state index is 12.9. The number of halogens is 3. The lowest BCUT2D eigenvalue weighted by Crippen LogP contribution is -2.30. The quantitative estimate of drug-likeness (QED) is 0.906. The van der Waals surface area contributed by atoms with Crippen LogP contribution in [0.25, 0.3) is 5.57 Å². The monoisotopic (exact) mass is 311 g/mol. The molecule has 120 valence electrons. The first kappa shape index (κ1) is 16.7. The maximum Gasteiger partial charge on any atom is 0.416 e. The van der Waals surface area contributed by atoms with Gasteiger partial charge in [-0.1, -0.05) is 32.4 Å². The molecule has 0 amide bonds. The van der Waals surface area contributed by atoms with Crippen molar-refractivity contribution in [2.45, 2.75) is 45.3 Å². The van der Waals surface area contributed by atoms with Crippen LogP contribution in [0.5, 0.6) is 0 Å². The summed E-state index contributed by atoms with van der Waals surface area (Å²) in [5, 5.41) is 0. The Morgan fingerprint density at radius 2 is 1.91 bits per heavy atom. The van der Waals surface area contributed by atoms with Crippen molar-refractivity contribution >= 4 is 11.4 Å². The summed E-state index contributed by atoms with van der Waals surface area (Å²) < 4.78 is 38.6. The van der Waals surface area contributed by atoms with E-state index in [0.29, 0.717) is 24.0 Å². The number of hydrogen-bond donors (Lipinski definition) is 1. The van der Waals surface area contributed by atoms with Gasteiger partial charge in [0.05, 0.1) is 5.56 Å². The van der Waals surface area contributed by atoms with Crippen molar-refractivity contribution in [2.75, 3.05) is 0 Å². The molecule has 0 spiro atoms. The molecule has 2 nitrogen and oxygen atoms in total. The number of alkyl halides is 3. The van der Waals surface area contributed by atoms with Crippen LogP contribution in [0.15, 0.2) is 29.8 Å². The smallest absolute Gasteiger partial charge is 0.324 e. The number of hydrogen-bond acceptors (Lipinski definition) is 2. The molecular formula is C17H20F3NO. The van der Waals surface area contributed by atoms with Gasteiger partial charge in [0.25, 0.3) is 0 Å². The second-order valence-corrected chi connectivity index (χ2v) is 5.62. The van der Waals surface area contributed by atoms with E-state index in [2.05, 4.69) is 0 Å². The standard InChI is InChI=1S/C17H20F3NO/c1-3-6-13-15(21)12(4-2)14(16(13)22)10-7-5-8-11(9-10)17(18,19)20/h5,7-9,13,15H,3-4,6,21H2,1-2H3. The van der Waals surface area contributed by atoms with Gasteiger partial charge in [-0.15, -0.1) is 0 Å². The number of ketones is 1. The van der Waals surface area contributed by atoms with Crippen LogP contribution in [0.4, 0.5) is 13.2 Å². The van der Waals surface area contributed by atoms with E-state index in [1.165, 1.54) is 6.07 Å². The number of nitrogens with two attached hydrogens (primary N) is 1. The number of benzene rings is 1. The van der Waals surface area contributed by atoms with Gasteiger partial charge in [0.1, 0.15) is 0 Å². The summed E-state index contributed by atoms with van der Waals surface area (Å²) in [7, 11) is 0. The zero-order valence-corrected chi connectivity index (χ0v) is 12.7. The highest BCUT2D eigenvalue weighted by molar-refractivity contribution is 6.25. The predicted molar refractivity (Wildman–Crippen MR) is 80.0 cm³/mol. The average Bonchev–Trinajstić information content (AvgIpc) is 2.71. The third-order valence-electron chi connectivity index (χ3n) is 4.20. The van der Waals surface area contributed by atoms with E-state index in [0.717, 1.165) is 24.1 Å². The first-order valence-electron chi connectivity index (χ1n) is 7.51. The zero-order valence-electron chi connectivity index (χ0n) is 12.7. The Morgan fingerprint density at radius 3 is 2.45 bits per heavy atom. The van der Waals surface area contributed by atoms with Crippen molar-refractivity contribution in [1.82, 2.24) is 0 Å². The molecule has 2 atom stereocenters. The first-order valence-corrected chi connectivity index (χ1v) is 7.51. The fourth-order valence-electron chi connectivity index (χ4n) is 3.13. The maximum absolute atomic E-state index is 12.9. The number of rotatable bonds is 4. The van der Waals surface area contributed by atoms with Crippen molar-refractivity contribution < 1.29 is 18.0 Å². The Bertz CT molecular complexity index is 604. The van der Waals surface area contributed by atoms with E-state index in [1.54, 1.807) is 6.07 Å². The van der Waals surface area contributed by atoms with E-state index < -0.39 is 11.7 Å². The van der Waals surface area contributed by atoms with Crippen LogP contribution in [0.3, 0.4) is 0 Å². The summed E-state index contributed by atoms with van der Waals surface area (Å²) in [5.74, 6) is -0.435. The van der Waals surface area contributed by atoms with Crippen molar-refractivity contribution in [1.29, 1.82) is 0 Å². The third kappa shape index (κ3) is 2.95. The van der Waals surface area contributed by atoms with Crippen LogP contribution in [0, 0.1) is 5.92 Å². The largest absolute Gasteiger partial charge is 0.416 e. The van der Waals surface area contributed by atoms with E-state index in [4.69, 9.17) is 5.73 Å². The van der Waals surface area contributed by atoms with Gasteiger partial charge in [0.15, 0.2) is 5.78 Å². The van der Waals surface area contributed by atoms with Crippen LogP contribution >= 0.6 is 0 Å². The van der Waals surface area contributed by atoms with E-state index >= 15 is 0 Å². The van der Waals surface area contributed by atoms with Gasteiger partial charge in [-0.05, 0) is 36.1 Å². The van der Waals surface area contributed by atoms with E-state index in [1.807, 2.05) is 13.8 Å². The Labute approximate surface area is 128 Å². The number of allylic oxidation sites excluding steroid dienone is 1. The molecule has 1 aliphatic rings. The molecule has 0 radical (unpaired) electrons. The zero-order chi connectivity index (χ0) is 16.5. The average molecular weight is 311 g/mol. The van der Waals surface area contributed by atoms with Gasteiger partial charge in [0, 0.05) is 17.5 Å². The Kier molecular flexibility index (Phi) is 4.75. The van der Waals surface area contributed by atoms with Crippen molar-refractivity contribution in [3.8, 4) is 0 Å². The van der Waals surface area contributed by atoms with Crippen LogP contribution in [-0.2, 0) is 11.0 Å². The van der Waals surface area contributed by atoms with Gasteiger partial charge in [-0.3, -0.25) is 4.79 Å². The van der Waals surface area contributed by atoms with Crippen LogP contribution in [-0.4, -0.2) is 11.8 Å². The predicted octanol–water partition coefficient (Wildman–Crippen LogP) is 4.20. The molecule has 0 aromatic heterocycles. The van der Waals surface area contributed by atoms with Gasteiger partial charge >= 0.3 is 6.18 Å². The summed E-state index contributed by atoms with van der Waals surface area (Å²) in [5.41, 5.74) is 6.90. The highest BCUT2D eigenvalue weighted by Crippen LogP contribution is 2.39. The molecule has 0 aliphatic heterocycles. The first-order chi connectivity index (χ1) is 10.3. The van der Waals surface area contributed by atoms with E-state index in [-0.39, 0.29) is 17.7 Å². The van der Waals surface area contributed by atoms with Crippen molar-refractivity contribution in [3.05, 3.63) is 41.0 Å². The number of carbonyl (C=O) groups excluding carboxylic acids is 1. The van der Waals surface area contributed by atoms with Crippen LogP contribution in [0.1, 0.15) is 44.2 Å². The minimum absolute atomic E-state index is 0.120. The minimum Gasteiger partial charge on any atom is -0.324 e. The molecule has 0 saturated heterocycles. The van der Waals surface area contributed by atoms with Crippen molar-refractivity contribution in [3.63, 3.8) is 0 Å². The summed E-state index contributed by atoms with van der Waals surface area (Å²) in [6.07, 6.45) is -2.38. The van der Waals surface area contributed by atoms with Crippen LogP contribution < -0.4 is 5.73 Å². The van der Waals surface area contributed by atoms with Gasteiger partial charge in [0.2, 0.25) is 0 Å². The molecule has 0 bridgehead atoms. The number of Topliss-reactive ketones (excluding diaryl/α,β-unsaturated/α-hetero) is 1. The van der Waals surface area contributed by atoms with Crippen molar-refractivity contribution in [2.24, 2.45) is 11.7 Å². The van der Waals surface area contributed by atoms with Gasteiger partial charge < -0.3 is 5.73 Å². The van der Waals surface area contributed by atoms with Gasteiger partial charge in [-0.25, -0.2) is 0 Å². The summed E-state index contributed by atoms with van der Waals surface area (Å²) in [4.78, 5) is 12.6. The van der Waals surface area contributed by atoms with Gasteiger partial charge in [-0.2, -0.15) is 13.2 Å². The lowest BCUT2D eigenvalue weighted by Gasteiger charge is -2.15. The highest BCUT2D eigenvalue weighted by atomic mass is 19.4. The molecule has 0 saturated carbocycles. The van der Waals surface area contributed by atoms with E-state index in [9.17, 15) is 18.0 Å². The topological polar surface area (TPSA) is 43.1 Å². The fourth-order valence-corrected chi connectivity index (χ4v) is 3.13. The molecule has 1 aromatic carbocycles. The highest BCUT2D eigenvalue weighted by Gasteiger charge is 2.39. The minimum atomic E-state index is -4.42. The second-order valence-electron chi connectivity index (χ2n) is 5.62. The molecule has 22 heavy (non-hydrogen) atoms. The molecule has 0 heterocycles. The molecule has 1 aromatic rings. The molecule has 1 aliphatic carbocycles. The summed E-state index contributed by atoms with van der Waals surface area (Å²) >= 11 is 0. The van der Waals surface area contributed by atoms with Crippen LogP contribution in [0.2, 0.25) is 0 Å². The Hall–Kier alpha value is -1.62. The Morgan fingerprint density at radius 1 is 1.23 bits per heavy atom. The second kappa shape index (κ2) is 6.24. The fraction of sp³-hybridized carbons (Fsp3) is 0.471. The normalized spacial score (nSPS) is 22.5. The lowest BCUT2D eigenvalue weighted by molar-refractivity contribution is -0.137. The number of carbonyl (C=O) groups is 1. The summed E-state index contributed by atoms with van der Waals surface area (Å²) in [6.45, 7) is 3.85. The molecule has 2 unspecified atom stereocenters. The SMILES string of the molecule is CCCC1C(=O)C(c2cccc(C(F)(F)F)c2)=C(CC)C1N. The third-order valence-corrected chi connectivity index (χ3v) is 4.20. The molecule has 5 heteroatoms. The molecular weight excluding hydrogens is 291 g/mol. The molecule has 2 rings (SSSR count).